The first kappa shape index (κ1) is 22.1. The van der Waals surface area contributed by atoms with Gasteiger partial charge in [-0.3, -0.25) is 15.0 Å². The van der Waals surface area contributed by atoms with Gasteiger partial charge in [-0.25, -0.2) is 5.01 Å². The Morgan fingerprint density at radius 2 is 1.72 bits per heavy atom. The summed E-state index contributed by atoms with van der Waals surface area (Å²) in [6, 6.07) is 15.8. The van der Waals surface area contributed by atoms with Crippen LogP contribution in [0, 0.1) is 0 Å². The van der Waals surface area contributed by atoms with Gasteiger partial charge in [0.05, 0.1) is 10.6 Å². The standard InChI is InChI=1S/C22H16Cl3N3O4/c23-13-3-7-18-16(9-13)22(31)28(21(26-18)12-1-5-15(29)6-2-12)27-20(30)11-32-19-8-4-14(24)10-17(19)25/h1-10,21,26,29H,11H2,(H,27,30). The number of aromatic hydroxyl groups is 1. The van der Waals surface area contributed by atoms with Crippen molar-refractivity contribution in [1.29, 1.82) is 0 Å². The molecule has 10 heteroatoms. The third kappa shape index (κ3) is 4.70. The van der Waals surface area contributed by atoms with Gasteiger partial charge in [-0.1, -0.05) is 46.9 Å². The number of carbonyl (C=O) groups excluding carboxylic acids is 2. The molecule has 4 rings (SSSR count). The summed E-state index contributed by atoms with van der Waals surface area (Å²) in [4.78, 5) is 25.8. The lowest BCUT2D eigenvalue weighted by Gasteiger charge is -2.37. The first-order valence-corrected chi connectivity index (χ1v) is 10.5. The Morgan fingerprint density at radius 1 is 1.03 bits per heavy atom. The van der Waals surface area contributed by atoms with E-state index in [-0.39, 0.29) is 16.5 Å². The maximum atomic E-state index is 13.2. The Bertz CT molecular complexity index is 1190. The first-order valence-electron chi connectivity index (χ1n) is 9.38. The highest BCUT2D eigenvalue weighted by Gasteiger charge is 2.34. The van der Waals surface area contributed by atoms with E-state index in [4.69, 9.17) is 39.5 Å². The van der Waals surface area contributed by atoms with Gasteiger partial charge in [0.15, 0.2) is 6.61 Å². The van der Waals surface area contributed by atoms with Crippen LogP contribution in [-0.4, -0.2) is 28.5 Å². The molecule has 0 saturated heterocycles. The van der Waals surface area contributed by atoms with E-state index in [0.717, 1.165) is 5.01 Å². The average Bonchev–Trinajstić information content (AvgIpc) is 2.76. The van der Waals surface area contributed by atoms with Gasteiger partial charge in [-0.2, -0.15) is 0 Å². The van der Waals surface area contributed by atoms with Crippen LogP contribution in [0.5, 0.6) is 11.5 Å². The van der Waals surface area contributed by atoms with Gasteiger partial charge in [0, 0.05) is 15.7 Å². The number of benzene rings is 3. The molecule has 2 amide bonds. The highest BCUT2D eigenvalue weighted by molar-refractivity contribution is 6.35. The van der Waals surface area contributed by atoms with E-state index in [2.05, 4.69) is 10.7 Å². The molecule has 0 saturated carbocycles. The number of halogens is 3. The Labute approximate surface area is 198 Å². The fourth-order valence-electron chi connectivity index (χ4n) is 3.18. The number of phenolic OH excluding ortho intramolecular Hbond substituents is 1. The largest absolute Gasteiger partial charge is 0.508 e. The van der Waals surface area contributed by atoms with Crippen LogP contribution in [0.25, 0.3) is 0 Å². The minimum atomic E-state index is -0.736. The van der Waals surface area contributed by atoms with Crippen molar-refractivity contribution in [2.45, 2.75) is 6.17 Å². The van der Waals surface area contributed by atoms with Crippen LogP contribution >= 0.6 is 34.8 Å². The van der Waals surface area contributed by atoms with E-state index in [1.165, 1.54) is 24.3 Å². The maximum Gasteiger partial charge on any atom is 0.276 e. The van der Waals surface area contributed by atoms with Crippen molar-refractivity contribution in [3.63, 3.8) is 0 Å². The molecule has 3 aromatic carbocycles. The Hall–Kier alpha value is -3.13. The predicted octanol–water partition coefficient (Wildman–Crippen LogP) is 5.03. The van der Waals surface area contributed by atoms with Crippen molar-refractivity contribution in [2.24, 2.45) is 0 Å². The molecular formula is C22H16Cl3N3O4. The van der Waals surface area contributed by atoms with Gasteiger partial charge in [-0.15, -0.1) is 0 Å². The number of phenols is 1. The van der Waals surface area contributed by atoms with E-state index >= 15 is 0 Å². The number of hydrogen-bond acceptors (Lipinski definition) is 5. The number of rotatable bonds is 5. The molecule has 1 atom stereocenters. The lowest BCUT2D eigenvalue weighted by Crippen LogP contribution is -2.53. The van der Waals surface area contributed by atoms with Crippen LogP contribution in [0.1, 0.15) is 22.1 Å². The summed E-state index contributed by atoms with van der Waals surface area (Å²) in [7, 11) is 0. The summed E-state index contributed by atoms with van der Waals surface area (Å²) in [5.74, 6) is -0.689. The molecule has 1 aliphatic rings. The summed E-state index contributed by atoms with van der Waals surface area (Å²) in [5.41, 5.74) is 4.08. The topological polar surface area (TPSA) is 90.9 Å². The minimum absolute atomic E-state index is 0.0758. The zero-order valence-electron chi connectivity index (χ0n) is 16.3. The second kappa shape index (κ2) is 9.16. The molecular weight excluding hydrogens is 477 g/mol. The molecule has 0 fully saturated rings. The fraction of sp³-hybridized carbons (Fsp3) is 0.0909. The second-order valence-electron chi connectivity index (χ2n) is 6.90. The van der Waals surface area contributed by atoms with Gasteiger partial charge < -0.3 is 15.2 Å². The summed E-state index contributed by atoms with van der Waals surface area (Å²) < 4.78 is 5.46. The van der Waals surface area contributed by atoms with Gasteiger partial charge in [0.1, 0.15) is 17.7 Å². The average molecular weight is 493 g/mol. The molecule has 3 aromatic rings. The van der Waals surface area contributed by atoms with Crippen LogP contribution in [0.4, 0.5) is 5.69 Å². The van der Waals surface area contributed by atoms with Crippen LogP contribution in [-0.2, 0) is 4.79 Å². The number of hydrogen-bond donors (Lipinski definition) is 3. The fourth-order valence-corrected chi connectivity index (χ4v) is 3.82. The zero-order valence-corrected chi connectivity index (χ0v) is 18.6. The predicted molar refractivity (Wildman–Crippen MR) is 122 cm³/mol. The number of nitrogens with one attached hydrogen (secondary N) is 2. The molecule has 0 aliphatic carbocycles. The van der Waals surface area contributed by atoms with Crippen molar-refractivity contribution >= 4 is 52.3 Å². The van der Waals surface area contributed by atoms with Crippen LogP contribution in [0.3, 0.4) is 0 Å². The molecule has 7 nitrogen and oxygen atoms in total. The summed E-state index contributed by atoms with van der Waals surface area (Å²) >= 11 is 18.0. The van der Waals surface area contributed by atoms with Gasteiger partial charge in [0.25, 0.3) is 11.8 Å². The van der Waals surface area contributed by atoms with Crippen LogP contribution in [0.2, 0.25) is 15.1 Å². The molecule has 1 aliphatic heterocycles. The van der Waals surface area contributed by atoms with Crippen molar-refractivity contribution in [3.8, 4) is 11.5 Å². The van der Waals surface area contributed by atoms with E-state index in [1.54, 1.807) is 36.4 Å². The van der Waals surface area contributed by atoms with E-state index in [0.29, 0.717) is 26.9 Å². The highest BCUT2D eigenvalue weighted by Crippen LogP contribution is 2.34. The van der Waals surface area contributed by atoms with Crippen molar-refractivity contribution in [3.05, 3.63) is 86.9 Å². The highest BCUT2D eigenvalue weighted by atomic mass is 35.5. The molecule has 1 heterocycles. The van der Waals surface area contributed by atoms with E-state index in [1.807, 2.05) is 0 Å². The lowest BCUT2D eigenvalue weighted by molar-refractivity contribution is -0.127. The number of anilines is 1. The molecule has 164 valence electrons. The molecule has 0 aromatic heterocycles. The number of amides is 2. The van der Waals surface area contributed by atoms with Gasteiger partial charge in [-0.05, 0) is 54.1 Å². The monoisotopic (exact) mass is 491 g/mol. The maximum absolute atomic E-state index is 13.2. The zero-order chi connectivity index (χ0) is 22.8. The summed E-state index contributed by atoms with van der Waals surface area (Å²) in [5, 5.41) is 15.0. The van der Waals surface area contributed by atoms with Crippen molar-refractivity contribution in [2.75, 3.05) is 11.9 Å². The molecule has 0 bridgehead atoms. The number of hydrazine groups is 1. The Balaban J connectivity index is 1.57. The number of carbonyl (C=O) groups is 2. The summed E-state index contributed by atoms with van der Waals surface area (Å²) in [6.07, 6.45) is -0.736. The number of ether oxygens (including phenoxy) is 1. The second-order valence-corrected chi connectivity index (χ2v) is 8.18. The van der Waals surface area contributed by atoms with Crippen LogP contribution < -0.4 is 15.5 Å². The first-order chi connectivity index (χ1) is 15.3. The Morgan fingerprint density at radius 3 is 2.44 bits per heavy atom. The summed E-state index contributed by atoms with van der Waals surface area (Å²) in [6.45, 7) is -0.393. The van der Waals surface area contributed by atoms with Crippen molar-refractivity contribution in [1.82, 2.24) is 10.4 Å². The number of fused-ring (bicyclic) bond motifs is 1. The smallest absolute Gasteiger partial charge is 0.276 e. The van der Waals surface area contributed by atoms with E-state index in [9.17, 15) is 14.7 Å². The molecule has 3 N–H and O–H groups in total. The van der Waals surface area contributed by atoms with E-state index < -0.39 is 24.6 Å². The van der Waals surface area contributed by atoms with Crippen molar-refractivity contribution < 1.29 is 19.4 Å². The number of nitrogens with zero attached hydrogens (tertiary/aromatic N) is 1. The quantitative estimate of drug-likeness (QED) is 0.465. The molecule has 0 radical (unpaired) electrons. The normalized spacial score (nSPS) is 15.0. The molecule has 0 spiro atoms. The lowest BCUT2D eigenvalue weighted by atomic mass is 10.0. The molecule has 32 heavy (non-hydrogen) atoms. The third-order valence-electron chi connectivity index (χ3n) is 4.69. The SMILES string of the molecule is O=C(COc1ccc(Cl)cc1Cl)NN1C(=O)c2cc(Cl)ccc2NC1c1ccc(O)cc1. The van der Waals surface area contributed by atoms with Gasteiger partial charge >= 0.3 is 0 Å². The van der Waals surface area contributed by atoms with Crippen LogP contribution in [0.15, 0.2) is 60.7 Å². The molecule has 1 unspecified atom stereocenters. The Kier molecular flexibility index (Phi) is 6.32. The van der Waals surface area contributed by atoms with Gasteiger partial charge in [0.2, 0.25) is 0 Å². The minimum Gasteiger partial charge on any atom is -0.508 e. The third-order valence-corrected chi connectivity index (χ3v) is 5.45.